The number of aliphatic hydroxyl groups is 2. The first-order chi connectivity index (χ1) is 4.70. The second-order valence-electron chi connectivity index (χ2n) is 1.94. The summed E-state index contributed by atoms with van der Waals surface area (Å²) in [5.74, 6) is 0. The molecule has 0 amide bonds. The van der Waals surface area contributed by atoms with Gasteiger partial charge in [0.2, 0.25) is 0 Å². The predicted molar refractivity (Wildman–Crippen MR) is 34.1 cm³/mol. The van der Waals surface area contributed by atoms with Gasteiger partial charge in [-0.25, -0.2) is 0 Å². The zero-order chi connectivity index (χ0) is 7.98. The first kappa shape index (κ1) is 9.37. The van der Waals surface area contributed by atoms with Crippen molar-refractivity contribution in [2.24, 2.45) is 0 Å². The Morgan fingerprint density at radius 3 is 2.70 bits per heavy atom. The van der Waals surface area contributed by atoms with Crippen molar-refractivity contribution in [1.82, 2.24) is 0 Å². The van der Waals surface area contributed by atoms with Crippen LogP contribution in [-0.4, -0.2) is 35.6 Å². The van der Waals surface area contributed by atoms with Crippen LogP contribution in [0.25, 0.3) is 0 Å². The molecule has 0 aromatic heterocycles. The van der Waals surface area contributed by atoms with E-state index >= 15 is 0 Å². The topological polar surface area (TPSA) is 73.5 Å². The summed E-state index contributed by atoms with van der Waals surface area (Å²) in [4.78, 5) is 0. The van der Waals surface area contributed by atoms with Crippen molar-refractivity contribution in [2.45, 2.75) is 19.1 Å². The lowest BCUT2D eigenvalue weighted by atomic mass is 10.4. The highest BCUT2D eigenvalue weighted by Gasteiger charge is 2.04. The Kier molecular flexibility index (Phi) is 4.85. The van der Waals surface area contributed by atoms with E-state index in [1.54, 1.807) is 6.92 Å². The fourth-order valence-electron chi connectivity index (χ4n) is 0.345. The number of ether oxygens (including phenoxy) is 1. The van der Waals surface area contributed by atoms with Crippen LogP contribution in [0.3, 0.4) is 0 Å². The quantitative estimate of drug-likeness (QED) is 0.547. The van der Waals surface area contributed by atoms with Gasteiger partial charge in [-0.05, 0) is 6.92 Å². The van der Waals surface area contributed by atoms with Gasteiger partial charge in [0.05, 0.1) is 19.3 Å². The molecule has 10 heavy (non-hydrogen) atoms. The van der Waals surface area contributed by atoms with E-state index in [4.69, 9.17) is 20.2 Å². The van der Waals surface area contributed by atoms with E-state index in [0.29, 0.717) is 0 Å². The average Bonchev–Trinajstić information content (AvgIpc) is 1.99. The molecule has 0 aliphatic rings. The maximum Gasteiger partial charge on any atom is 0.141 e. The molecule has 0 heterocycles. The Morgan fingerprint density at radius 1 is 1.70 bits per heavy atom. The molecule has 0 aliphatic heterocycles. The molecule has 4 heteroatoms. The fourth-order valence-corrected chi connectivity index (χ4v) is 0.345. The van der Waals surface area contributed by atoms with Crippen molar-refractivity contribution >= 4 is 0 Å². The van der Waals surface area contributed by atoms with Crippen LogP contribution < -0.4 is 0 Å². The van der Waals surface area contributed by atoms with Gasteiger partial charge in [0.25, 0.3) is 0 Å². The van der Waals surface area contributed by atoms with Gasteiger partial charge in [0, 0.05) is 0 Å². The lowest BCUT2D eigenvalue weighted by Gasteiger charge is -2.08. The zero-order valence-corrected chi connectivity index (χ0v) is 5.82. The van der Waals surface area contributed by atoms with Gasteiger partial charge < -0.3 is 14.9 Å². The molecule has 58 valence electrons. The van der Waals surface area contributed by atoms with Gasteiger partial charge in [-0.1, -0.05) is 0 Å². The zero-order valence-electron chi connectivity index (χ0n) is 5.82. The maximum absolute atomic E-state index is 8.72. The third-order valence-electron chi connectivity index (χ3n) is 0.931. The van der Waals surface area contributed by atoms with Gasteiger partial charge in [0.15, 0.2) is 0 Å². The Labute approximate surface area is 59.7 Å². The molecule has 0 aliphatic carbocycles. The molecular weight excluding hydrogens is 134 g/mol. The lowest BCUT2D eigenvalue weighted by molar-refractivity contribution is -0.00675. The first-order valence-corrected chi connectivity index (χ1v) is 3.00. The van der Waals surface area contributed by atoms with E-state index in [-0.39, 0.29) is 13.2 Å². The highest BCUT2D eigenvalue weighted by atomic mass is 16.5. The minimum atomic E-state index is -0.879. The Hall–Kier alpha value is -0.630. The summed E-state index contributed by atoms with van der Waals surface area (Å²) in [6.07, 6.45) is -1.41. The monoisotopic (exact) mass is 145 g/mol. The van der Waals surface area contributed by atoms with Crippen molar-refractivity contribution in [2.75, 3.05) is 13.2 Å². The van der Waals surface area contributed by atoms with Crippen LogP contribution >= 0.6 is 0 Å². The smallest absolute Gasteiger partial charge is 0.141 e. The summed E-state index contributed by atoms with van der Waals surface area (Å²) in [7, 11) is 0. The molecule has 0 spiro atoms. The number of aliphatic hydroxyl groups excluding tert-OH is 2. The third-order valence-corrected chi connectivity index (χ3v) is 0.931. The molecule has 0 radical (unpaired) electrons. The molecule has 0 rings (SSSR count). The number of nitriles is 1. The third kappa shape index (κ3) is 4.27. The van der Waals surface area contributed by atoms with E-state index in [9.17, 15) is 0 Å². The highest BCUT2D eigenvalue weighted by molar-refractivity contribution is 4.79. The lowest BCUT2D eigenvalue weighted by Crippen LogP contribution is -2.22. The molecule has 2 unspecified atom stereocenters. The van der Waals surface area contributed by atoms with Crippen molar-refractivity contribution in [3.63, 3.8) is 0 Å². The molecule has 0 saturated carbocycles. The van der Waals surface area contributed by atoms with E-state index in [0.717, 1.165) is 0 Å². The molecule has 2 N–H and O–H groups in total. The van der Waals surface area contributed by atoms with E-state index in [1.165, 1.54) is 0 Å². The Morgan fingerprint density at radius 2 is 2.30 bits per heavy atom. The molecule has 4 nitrogen and oxygen atoms in total. The van der Waals surface area contributed by atoms with Crippen LogP contribution in [-0.2, 0) is 4.74 Å². The molecule has 0 fully saturated rings. The second-order valence-corrected chi connectivity index (χ2v) is 1.94. The standard InChI is InChI=1S/C6H11NO3/c1-5(2-7)10-4-6(9)3-8/h5-6,8-9H,3-4H2,1H3. The number of nitrogens with zero attached hydrogens (tertiary/aromatic N) is 1. The van der Waals surface area contributed by atoms with Crippen LogP contribution in [0.15, 0.2) is 0 Å². The molecule has 0 aromatic rings. The summed E-state index contributed by atoms with van der Waals surface area (Å²) >= 11 is 0. The van der Waals surface area contributed by atoms with Crippen LogP contribution in [0, 0.1) is 11.3 Å². The van der Waals surface area contributed by atoms with E-state index < -0.39 is 12.2 Å². The number of hydrogen-bond acceptors (Lipinski definition) is 4. The fraction of sp³-hybridized carbons (Fsp3) is 0.833. The van der Waals surface area contributed by atoms with Crippen molar-refractivity contribution in [3.05, 3.63) is 0 Å². The summed E-state index contributed by atoms with van der Waals surface area (Å²) < 4.78 is 4.77. The summed E-state index contributed by atoms with van der Waals surface area (Å²) in [5.41, 5.74) is 0. The summed E-state index contributed by atoms with van der Waals surface area (Å²) in [6, 6.07) is 1.83. The normalized spacial score (nSPS) is 15.8. The Balaban J connectivity index is 3.28. The number of hydrogen-bond donors (Lipinski definition) is 2. The van der Waals surface area contributed by atoms with Crippen LogP contribution in [0.5, 0.6) is 0 Å². The summed E-state index contributed by atoms with van der Waals surface area (Å²) in [5, 5.41) is 25.2. The second kappa shape index (κ2) is 5.18. The van der Waals surface area contributed by atoms with Crippen LogP contribution in [0.4, 0.5) is 0 Å². The van der Waals surface area contributed by atoms with E-state index in [2.05, 4.69) is 0 Å². The van der Waals surface area contributed by atoms with Crippen molar-refractivity contribution in [1.29, 1.82) is 5.26 Å². The van der Waals surface area contributed by atoms with Crippen LogP contribution in [0.1, 0.15) is 6.92 Å². The molecule has 0 aromatic carbocycles. The van der Waals surface area contributed by atoms with Gasteiger partial charge in [-0.2, -0.15) is 5.26 Å². The Bertz CT molecular complexity index is 121. The van der Waals surface area contributed by atoms with E-state index in [1.807, 2.05) is 6.07 Å². The number of rotatable bonds is 4. The average molecular weight is 145 g/mol. The first-order valence-electron chi connectivity index (χ1n) is 3.00. The highest BCUT2D eigenvalue weighted by Crippen LogP contribution is 1.90. The SMILES string of the molecule is CC(C#N)OCC(O)CO. The molecule has 0 bridgehead atoms. The van der Waals surface area contributed by atoms with Crippen molar-refractivity contribution in [3.8, 4) is 6.07 Å². The van der Waals surface area contributed by atoms with Gasteiger partial charge in [-0.3, -0.25) is 0 Å². The largest absolute Gasteiger partial charge is 0.394 e. The minimum absolute atomic E-state index is 0.00519. The molecular formula is C6H11NO3. The van der Waals surface area contributed by atoms with Gasteiger partial charge >= 0.3 is 0 Å². The van der Waals surface area contributed by atoms with Crippen molar-refractivity contribution < 1.29 is 14.9 Å². The minimum Gasteiger partial charge on any atom is -0.394 e. The van der Waals surface area contributed by atoms with Gasteiger partial charge in [-0.15, -0.1) is 0 Å². The maximum atomic E-state index is 8.72. The molecule has 2 atom stereocenters. The summed E-state index contributed by atoms with van der Waals surface area (Å²) in [6.45, 7) is 1.24. The predicted octanol–water partition coefficient (Wildman–Crippen LogP) is -0.732. The molecule has 0 saturated heterocycles. The van der Waals surface area contributed by atoms with Crippen LogP contribution in [0.2, 0.25) is 0 Å². The van der Waals surface area contributed by atoms with Gasteiger partial charge in [0.1, 0.15) is 12.2 Å².